The molecule has 0 radical (unpaired) electrons. The van der Waals surface area contributed by atoms with Crippen molar-refractivity contribution in [2.75, 3.05) is 12.3 Å². The zero-order valence-corrected chi connectivity index (χ0v) is 11.4. The van der Waals surface area contributed by atoms with E-state index in [0.29, 0.717) is 0 Å². The van der Waals surface area contributed by atoms with Crippen molar-refractivity contribution in [2.45, 2.75) is 45.7 Å². The molecule has 2 atom stereocenters. The molecule has 1 aliphatic carbocycles. The molecule has 98 valence electrons. The summed E-state index contributed by atoms with van der Waals surface area (Å²) >= 11 is 0. The lowest BCUT2D eigenvalue weighted by molar-refractivity contribution is 0.180. The Kier molecular flexibility index (Phi) is 3.29. The monoisotopic (exact) mass is 244 g/mol. The number of rotatable bonds is 2. The first-order valence-corrected chi connectivity index (χ1v) is 7.30. The molecule has 2 nitrogen and oxygen atoms in total. The molecular weight excluding hydrogens is 220 g/mol. The van der Waals surface area contributed by atoms with Crippen molar-refractivity contribution in [3.63, 3.8) is 0 Å². The summed E-state index contributed by atoms with van der Waals surface area (Å²) in [5.41, 5.74) is 9.69. The standard InChI is InChI=1S/C16H24N2/c1-12-3-2-4-13(7-12)9-18-10-14-5-6-16(17)8-15(14)11-18/h5-6,8,12-13H,2-4,7,9-11,17H2,1H3. The lowest BCUT2D eigenvalue weighted by atomic mass is 9.82. The second-order valence-electron chi connectivity index (χ2n) is 6.34. The first kappa shape index (κ1) is 12.0. The average Bonchev–Trinajstić information content (AvgIpc) is 2.70. The molecule has 0 bridgehead atoms. The van der Waals surface area contributed by atoms with Gasteiger partial charge in [-0.15, -0.1) is 0 Å². The maximum Gasteiger partial charge on any atom is 0.0317 e. The van der Waals surface area contributed by atoms with E-state index in [4.69, 9.17) is 5.73 Å². The van der Waals surface area contributed by atoms with Gasteiger partial charge < -0.3 is 5.73 Å². The molecule has 18 heavy (non-hydrogen) atoms. The van der Waals surface area contributed by atoms with Crippen LogP contribution in [0.1, 0.15) is 43.7 Å². The summed E-state index contributed by atoms with van der Waals surface area (Å²) in [4.78, 5) is 2.60. The molecule has 0 spiro atoms. The molecule has 2 aliphatic rings. The number of nitrogen functional groups attached to an aromatic ring is 1. The molecule has 1 aromatic carbocycles. The lowest BCUT2D eigenvalue weighted by Gasteiger charge is -2.30. The quantitative estimate of drug-likeness (QED) is 0.808. The van der Waals surface area contributed by atoms with Gasteiger partial charge >= 0.3 is 0 Å². The number of hydrogen-bond acceptors (Lipinski definition) is 2. The van der Waals surface area contributed by atoms with Crippen LogP contribution in [0, 0.1) is 11.8 Å². The van der Waals surface area contributed by atoms with E-state index in [9.17, 15) is 0 Å². The minimum Gasteiger partial charge on any atom is -0.399 e. The Morgan fingerprint density at radius 1 is 1.22 bits per heavy atom. The highest BCUT2D eigenvalue weighted by Crippen LogP contribution is 2.32. The van der Waals surface area contributed by atoms with Crippen molar-refractivity contribution >= 4 is 5.69 Å². The largest absolute Gasteiger partial charge is 0.399 e. The van der Waals surface area contributed by atoms with Crippen molar-refractivity contribution in [3.05, 3.63) is 29.3 Å². The maximum atomic E-state index is 5.86. The minimum atomic E-state index is 0.905. The third-order valence-electron chi connectivity index (χ3n) is 4.58. The summed E-state index contributed by atoms with van der Waals surface area (Å²) in [5.74, 6) is 1.85. The van der Waals surface area contributed by atoms with Gasteiger partial charge in [0.2, 0.25) is 0 Å². The van der Waals surface area contributed by atoms with Gasteiger partial charge in [-0.1, -0.05) is 25.8 Å². The Labute approximate surface area is 110 Å². The Hall–Kier alpha value is -1.02. The van der Waals surface area contributed by atoms with Crippen LogP contribution in [-0.2, 0) is 13.1 Å². The smallest absolute Gasteiger partial charge is 0.0317 e. The first-order valence-electron chi connectivity index (χ1n) is 7.30. The zero-order chi connectivity index (χ0) is 12.5. The summed E-state index contributed by atoms with van der Waals surface area (Å²) in [6.45, 7) is 5.91. The van der Waals surface area contributed by atoms with Gasteiger partial charge in [-0.3, -0.25) is 4.90 Å². The van der Waals surface area contributed by atoms with Crippen LogP contribution in [-0.4, -0.2) is 11.4 Å². The van der Waals surface area contributed by atoms with Gasteiger partial charge in [-0.2, -0.15) is 0 Å². The summed E-state index contributed by atoms with van der Waals surface area (Å²) in [5, 5.41) is 0. The van der Waals surface area contributed by atoms with Gasteiger partial charge in [0.05, 0.1) is 0 Å². The van der Waals surface area contributed by atoms with Crippen LogP contribution in [0.2, 0.25) is 0 Å². The van der Waals surface area contributed by atoms with E-state index < -0.39 is 0 Å². The molecule has 2 unspecified atom stereocenters. The topological polar surface area (TPSA) is 29.3 Å². The molecule has 1 aliphatic heterocycles. The summed E-state index contributed by atoms with van der Waals surface area (Å²) in [6, 6.07) is 6.39. The van der Waals surface area contributed by atoms with E-state index in [1.165, 1.54) is 43.4 Å². The normalized spacial score (nSPS) is 28.3. The van der Waals surface area contributed by atoms with Gasteiger partial charge in [-0.05, 0) is 47.9 Å². The predicted molar refractivity (Wildman–Crippen MR) is 76.1 cm³/mol. The molecule has 0 amide bonds. The van der Waals surface area contributed by atoms with Crippen LogP contribution in [0.25, 0.3) is 0 Å². The number of hydrogen-bond donors (Lipinski definition) is 1. The number of benzene rings is 1. The van der Waals surface area contributed by atoms with E-state index >= 15 is 0 Å². The minimum absolute atomic E-state index is 0.905. The molecule has 1 heterocycles. The van der Waals surface area contributed by atoms with Crippen LogP contribution in [0.3, 0.4) is 0 Å². The highest BCUT2D eigenvalue weighted by molar-refractivity contribution is 5.46. The highest BCUT2D eigenvalue weighted by Gasteiger charge is 2.24. The van der Waals surface area contributed by atoms with Gasteiger partial charge in [0.1, 0.15) is 0 Å². The number of nitrogens with zero attached hydrogens (tertiary/aromatic N) is 1. The number of fused-ring (bicyclic) bond motifs is 1. The molecule has 1 saturated carbocycles. The first-order chi connectivity index (χ1) is 8.70. The van der Waals surface area contributed by atoms with Crippen LogP contribution >= 0.6 is 0 Å². The molecule has 1 aromatic rings. The zero-order valence-electron chi connectivity index (χ0n) is 11.4. The molecule has 1 fully saturated rings. The van der Waals surface area contributed by atoms with Crippen LogP contribution in [0.5, 0.6) is 0 Å². The van der Waals surface area contributed by atoms with Gasteiger partial charge in [0, 0.05) is 25.3 Å². The molecular formula is C16H24N2. The Morgan fingerprint density at radius 2 is 2.06 bits per heavy atom. The Bertz CT molecular complexity index is 427. The van der Waals surface area contributed by atoms with Gasteiger partial charge in [0.25, 0.3) is 0 Å². The summed E-state index contributed by atoms with van der Waals surface area (Å²) < 4.78 is 0. The fraction of sp³-hybridized carbons (Fsp3) is 0.625. The Balaban J connectivity index is 1.60. The molecule has 3 rings (SSSR count). The van der Waals surface area contributed by atoms with E-state index in [1.807, 2.05) is 6.07 Å². The van der Waals surface area contributed by atoms with Crippen molar-refractivity contribution < 1.29 is 0 Å². The van der Waals surface area contributed by atoms with E-state index in [-0.39, 0.29) is 0 Å². The fourth-order valence-corrected chi connectivity index (χ4v) is 3.70. The number of nitrogens with two attached hydrogens (primary N) is 1. The second-order valence-corrected chi connectivity index (χ2v) is 6.34. The predicted octanol–water partition coefficient (Wildman–Crippen LogP) is 3.41. The van der Waals surface area contributed by atoms with Crippen molar-refractivity contribution in [1.29, 1.82) is 0 Å². The summed E-state index contributed by atoms with van der Waals surface area (Å²) in [7, 11) is 0. The molecule has 0 aromatic heterocycles. The average molecular weight is 244 g/mol. The van der Waals surface area contributed by atoms with Crippen LogP contribution < -0.4 is 5.73 Å². The fourth-order valence-electron chi connectivity index (χ4n) is 3.70. The third-order valence-corrected chi connectivity index (χ3v) is 4.58. The van der Waals surface area contributed by atoms with Crippen LogP contribution in [0.15, 0.2) is 18.2 Å². The molecule has 0 saturated heterocycles. The molecule has 2 N–H and O–H groups in total. The van der Waals surface area contributed by atoms with E-state index in [1.54, 1.807) is 0 Å². The van der Waals surface area contributed by atoms with Crippen LogP contribution in [0.4, 0.5) is 5.69 Å². The lowest BCUT2D eigenvalue weighted by Crippen LogP contribution is -2.27. The van der Waals surface area contributed by atoms with Crippen molar-refractivity contribution in [1.82, 2.24) is 4.90 Å². The number of anilines is 1. The highest BCUT2D eigenvalue weighted by atomic mass is 15.1. The summed E-state index contributed by atoms with van der Waals surface area (Å²) in [6.07, 6.45) is 5.72. The third kappa shape index (κ3) is 2.54. The van der Waals surface area contributed by atoms with Gasteiger partial charge in [-0.25, -0.2) is 0 Å². The second kappa shape index (κ2) is 4.93. The van der Waals surface area contributed by atoms with E-state index in [2.05, 4.69) is 24.0 Å². The van der Waals surface area contributed by atoms with E-state index in [0.717, 1.165) is 30.6 Å². The molecule has 2 heteroatoms. The Morgan fingerprint density at radius 3 is 2.89 bits per heavy atom. The van der Waals surface area contributed by atoms with Crippen molar-refractivity contribution in [3.8, 4) is 0 Å². The SMILES string of the molecule is CC1CCCC(CN2Cc3ccc(N)cc3C2)C1. The van der Waals surface area contributed by atoms with Crippen molar-refractivity contribution in [2.24, 2.45) is 11.8 Å². The van der Waals surface area contributed by atoms with Gasteiger partial charge in [0.15, 0.2) is 0 Å². The maximum absolute atomic E-state index is 5.86.